The summed E-state index contributed by atoms with van der Waals surface area (Å²) in [4.78, 5) is 0. The summed E-state index contributed by atoms with van der Waals surface area (Å²) >= 11 is 0. The van der Waals surface area contributed by atoms with Crippen LogP contribution in [0.4, 0.5) is 0 Å². The van der Waals surface area contributed by atoms with Crippen molar-refractivity contribution in [2.75, 3.05) is 6.61 Å². The molecule has 3 atom stereocenters. The van der Waals surface area contributed by atoms with Crippen LogP contribution in [-0.4, -0.2) is 35.6 Å². The highest BCUT2D eigenvalue weighted by Gasteiger charge is 2.37. The number of hydrogen-bond donors (Lipinski definition) is 1. The molecule has 1 rings (SSSR count). The van der Waals surface area contributed by atoms with Crippen molar-refractivity contribution in [3.8, 4) is 12.3 Å². The fourth-order valence-electron chi connectivity index (χ4n) is 1.97. The molecule has 92 valence electrons. The highest BCUT2D eigenvalue weighted by Crippen LogP contribution is 2.28. The van der Waals surface area contributed by atoms with Crippen LogP contribution in [0.5, 0.6) is 0 Å². The van der Waals surface area contributed by atoms with E-state index in [2.05, 4.69) is 5.92 Å². The topological polar surface area (TPSA) is 38.7 Å². The average Bonchev–Trinajstić information content (AvgIpc) is 2.54. The minimum atomic E-state index is -0.206. The zero-order valence-electron chi connectivity index (χ0n) is 10.4. The number of terminal acetylenes is 1. The van der Waals surface area contributed by atoms with Gasteiger partial charge in [-0.2, -0.15) is 0 Å². The van der Waals surface area contributed by atoms with Gasteiger partial charge in [-0.1, -0.05) is 0 Å². The Labute approximate surface area is 98.1 Å². The lowest BCUT2D eigenvalue weighted by atomic mass is 10.1. The molecule has 0 radical (unpaired) electrons. The SMILES string of the molecule is C#CCC[C@H]1CC(OC(C)(C)C)[C@@H](CO)O1. The molecule has 0 spiro atoms. The molecule has 0 aromatic rings. The molecule has 1 saturated heterocycles. The Hall–Kier alpha value is -0.560. The Balaban J connectivity index is 2.48. The van der Waals surface area contributed by atoms with Crippen molar-refractivity contribution in [3.63, 3.8) is 0 Å². The third kappa shape index (κ3) is 4.13. The molecule has 16 heavy (non-hydrogen) atoms. The molecule has 1 aliphatic heterocycles. The minimum Gasteiger partial charge on any atom is -0.394 e. The van der Waals surface area contributed by atoms with Crippen molar-refractivity contribution in [3.05, 3.63) is 0 Å². The van der Waals surface area contributed by atoms with Crippen LogP contribution in [0.15, 0.2) is 0 Å². The predicted molar refractivity (Wildman–Crippen MR) is 63.1 cm³/mol. The van der Waals surface area contributed by atoms with Crippen molar-refractivity contribution in [2.24, 2.45) is 0 Å². The normalized spacial score (nSPS) is 30.3. The Bertz CT molecular complexity index is 249. The van der Waals surface area contributed by atoms with Crippen molar-refractivity contribution >= 4 is 0 Å². The van der Waals surface area contributed by atoms with E-state index in [1.807, 2.05) is 20.8 Å². The summed E-state index contributed by atoms with van der Waals surface area (Å²) in [5.74, 6) is 2.61. The minimum absolute atomic E-state index is 0.00724. The molecular formula is C13H22O3. The highest BCUT2D eigenvalue weighted by molar-refractivity contribution is 4.89. The van der Waals surface area contributed by atoms with Gasteiger partial charge in [-0.3, -0.25) is 0 Å². The molecule has 1 aliphatic rings. The van der Waals surface area contributed by atoms with Gasteiger partial charge in [0.2, 0.25) is 0 Å². The maximum atomic E-state index is 9.23. The molecule has 1 heterocycles. The van der Waals surface area contributed by atoms with Gasteiger partial charge in [-0.05, 0) is 27.2 Å². The zero-order valence-corrected chi connectivity index (χ0v) is 10.4. The molecule has 1 fully saturated rings. The van der Waals surface area contributed by atoms with E-state index in [4.69, 9.17) is 15.9 Å². The van der Waals surface area contributed by atoms with E-state index >= 15 is 0 Å². The summed E-state index contributed by atoms with van der Waals surface area (Å²) in [5.41, 5.74) is -0.206. The van der Waals surface area contributed by atoms with Crippen LogP contribution >= 0.6 is 0 Å². The molecule has 0 amide bonds. The molecule has 1 unspecified atom stereocenters. The molecule has 0 aromatic heterocycles. The van der Waals surface area contributed by atoms with Crippen molar-refractivity contribution in [1.82, 2.24) is 0 Å². The number of aliphatic hydroxyl groups excluding tert-OH is 1. The Morgan fingerprint density at radius 3 is 2.69 bits per heavy atom. The van der Waals surface area contributed by atoms with Crippen LogP contribution in [0, 0.1) is 12.3 Å². The maximum absolute atomic E-state index is 9.23. The average molecular weight is 226 g/mol. The summed E-state index contributed by atoms with van der Waals surface area (Å²) in [6, 6.07) is 0. The van der Waals surface area contributed by atoms with Gasteiger partial charge in [0, 0.05) is 12.8 Å². The van der Waals surface area contributed by atoms with Gasteiger partial charge in [0.15, 0.2) is 0 Å². The molecule has 0 saturated carbocycles. The van der Waals surface area contributed by atoms with E-state index in [0.717, 1.165) is 12.8 Å². The quantitative estimate of drug-likeness (QED) is 0.742. The van der Waals surface area contributed by atoms with Crippen molar-refractivity contribution in [2.45, 2.75) is 63.9 Å². The standard InChI is InChI=1S/C13H22O3/c1-5-6-7-10-8-11(12(9-14)15-10)16-13(2,3)4/h1,10-12,14H,6-9H2,2-4H3/t10-,11?,12+/m0/s1. The molecular weight excluding hydrogens is 204 g/mol. The van der Waals surface area contributed by atoms with Gasteiger partial charge < -0.3 is 14.6 Å². The Kier molecular flexibility index (Phi) is 4.79. The highest BCUT2D eigenvalue weighted by atomic mass is 16.6. The first-order valence-corrected chi connectivity index (χ1v) is 5.84. The van der Waals surface area contributed by atoms with Gasteiger partial charge in [0.05, 0.1) is 24.4 Å². The summed E-state index contributed by atoms with van der Waals surface area (Å²) in [5, 5.41) is 9.23. The molecule has 3 nitrogen and oxygen atoms in total. The van der Waals surface area contributed by atoms with E-state index in [-0.39, 0.29) is 30.5 Å². The van der Waals surface area contributed by atoms with Crippen LogP contribution in [0.2, 0.25) is 0 Å². The van der Waals surface area contributed by atoms with Crippen LogP contribution in [0.25, 0.3) is 0 Å². The van der Waals surface area contributed by atoms with Crippen molar-refractivity contribution < 1.29 is 14.6 Å². The molecule has 0 aliphatic carbocycles. The maximum Gasteiger partial charge on any atom is 0.107 e. The van der Waals surface area contributed by atoms with Gasteiger partial charge in [0.1, 0.15) is 6.10 Å². The van der Waals surface area contributed by atoms with E-state index in [9.17, 15) is 5.11 Å². The van der Waals surface area contributed by atoms with Crippen LogP contribution in [0.1, 0.15) is 40.0 Å². The number of hydrogen-bond acceptors (Lipinski definition) is 3. The largest absolute Gasteiger partial charge is 0.394 e. The van der Waals surface area contributed by atoms with Gasteiger partial charge in [-0.15, -0.1) is 12.3 Å². The first-order chi connectivity index (χ1) is 7.46. The third-order valence-electron chi connectivity index (χ3n) is 2.57. The van der Waals surface area contributed by atoms with Crippen LogP contribution in [0.3, 0.4) is 0 Å². The molecule has 3 heteroatoms. The second-order valence-electron chi connectivity index (χ2n) is 5.23. The molecule has 0 bridgehead atoms. The fraction of sp³-hybridized carbons (Fsp3) is 0.846. The van der Waals surface area contributed by atoms with Crippen LogP contribution < -0.4 is 0 Å². The molecule has 0 aromatic carbocycles. The summed E-state index contributed by atoms with van der Waals surface area (Å²) in [6.07, 6.45) is 7.50. The van der Waals surface area contributed by atoms with Crippen molar-refractivity contribution in [1.29, 1.82) is 0 Å². The zero-order chi connectivity index (χ0) is 12.2. The lowest BCUT2D eigenvalue weighted by molar-refractivity contribution is -0.102. The van der Waals surface area contributed by atoms with Crippen LogP contribution in [-0.2, 0) is 9.47 Å². The lowest BCUT2D eigenvalue weighted by Gasteiger charge is -2.27. The number of rotatable bonds is 4. The van der Waals surface area contributed by atoms with E-state index in [0.29, 0.717) is 6.42 Å². The van der Waals surface area contributed by atoms with E-state index in [1.165, 1.54) is 0 Å². The first-order valence-electron chi connectivity index (χ1n) is 5.84. The second-order valence-corrected chi connectivity index (χ2v) is 5.23. The second kappa shape index (κ2) is 5.67. The smallest absolute Gasteiger partial charge is 0.107 e. The molecule has 1 N–H and O–H groups in total. The fourth-order valence-corrected chi connectivity index (χ4v) is 1.97. The van der Waals surface area contributed by atoms with E-state index < -0.39 is 0 Å². The summed E-state index contributed by atoms with van der Waals surface area (Å²) in [7, 11) is 0. The number of ether oxygens (including phenoxy) is 2. The van der Waals surface area contributed by atoms with Gasteiger partial charge >= 0.3 is 0 Å². The number of aliphatic hydroxyl groups is 1. The monoisotopic (exact) mass is 226 g/mol. The van der Waals surface area contributed by atoms with Gasteiger partial charge in [0.25, 0.3) is 0 Å². The van der Waals surface area contributed by atoms with E-state index in [1.54, 1.807) is 0 Å². The summed E-state index contributed by atoms with van der Waals surface area (Å²) in [6.45, 7) is 6.04. The third-order valence-corrected chi connectivity index (χ3v) is 2.57. The first kappa shape index (κ1) is 13.5. The van der Waals surface area contributed by atoms with Gasteiger partial charge in [-0.25, -0.2) is 0 Å². The Morgan fingerprint density at radius 2 is 2.19 bits per heavy atom. The summed E-state index contributed by atoms with van der Waals surface area (Å²) < 4.78 is 11.6. The Morgan fingerprint density at radius 1 is 1.50 bits per heavy atom. The predicted octanol–water partition coefficient (Wildman–Crippen LogP) is 1.73. The lowest BCUT2D eigenvalue weighted by Crippen LogP contribution is -2.34.